The summed E-state index contributed by atoms with van der Waals surface area (Å²) in [6.07, 6.45) is 1.04. The number of carbonyl (C=O) groups is 1. The van der Waals surface area contributed by atoms with Gasteiger partial charge in [0.2, 0.25) is 10.0 Å². The highest BCUT2D eigenvalue weighted by molar-refractivity contribution is 7.92. The van der Waals surface area contributed by atoms with Crippen LogP contribution < -0.4 is 28.6 Å². The largest absolute Gasteiger partial charge is 0.493 e. The monoisotopic (exact) mass is 424 g/mol. The molecule has 0 aromatic heterocycles. The lowest BCUT2D eigenvalue weighted by Gasteiger charge is -2.22. The Morgan fingerprint density at radius 1 is 0.862 bits per heavy atom. The average molecular weight is 424 g/mol. The Balaban J connectivity index is 2.52. The molecular formula is C19H24N2O7S. The van der Waals surface area contributed by atoms with E-state index in [1.807, 2.05) is 0 Å². The van der Waals surface area contributed by atoms with Gasteiger partial charge in [0.1, 0.15) is 0 Å². The number of nitrogens with zero attached hydrogens (tertiary/aromatic N) is 1. The summed E-state index contributed by atoms with van der Waals surface area (Å²) in [6, 6.07) is 7.74. The number of anilines is 2. The maximum atomic E-state index is 13.0. The molecule has 9 nitrogen and oxygen atoms in total. The minimum Gasteiger partial charge on any atom is -0.493 e. The van der Waals surface area contributed by atoms with Crippen LogP contribution in [0, 0.1) is 0 Å². The maximum absolute atomic E-state index is 13.0. The second-order valence-electron chi connectivity index (χ2n) is 5.98. The number of carbonyl (C=O) groups excluding carboxylic acids is 1. The van der Waals surface area contributed by atoms with Gasteiger partial charge in [0.05, 0.1) is 45.9 Å². The summed E-state index contributed by atoms with van der Waals surface area (Å²) < 4.78 is 46.0. The van der Waals surface area contributed by atoms with Gasteiger partial charge in [0.15, 0.2) is 23.0 Å². The Hall–Kier alpha value is -3.14. The van der Waals surface area contributed by atoms with E-state index in [0.717, 1.165) is 10.6 Å². The van der Waals surface area contributed by atoms with Crippen LogP contribution in [0.2, 0.25) is 0 Å². The van der Waals surface area contributed by atoms with Gasteiger partial charge in [-0.2, -0.15) is 0 Å². The van der Waals surface area contributed by atoms with E-state index in [1.165, 1.54) is 47.6 Å². The molecule has 0 unspecified atom stereocenters. The molecule has 10 heteroatoms. The van der Waals surface area contributed by atoms with Crippen LogP contribution in [0.4, 0.5) is 11.4 Å². The minimum absolute atomic E-state index is 0.0883. The number of amides is 1. The molecular weight excluding hydrogens is 400 g/mol. The first kappa shape index (κ1) is 22.2. The topological polar surface area (TPSA) is 103 Å². The van der Waals surface area contributed by atoms with Gasteiger partial charge in [-0.05, 0) is 18.2 Å². The van der Waals surface area contributed by atoms with Crippen molar-refractivity contribution in [2.24, 2.45) is 0 Å². The zero-order valence-electron chi connectivity index (χ0n) is 17.1. The molecule has 2 aromatic carbocycles. The molecule has 0 aliphatic rings. The molecule has 0 spiro atoms. The van der Waals surface area contributed by atoms with Crippen LogP contribution in [0.25, 0.3) is 0 Å². The predicted octanol–water partition coefficient (Wildman–Crippen LogP) is 2.37. The Labute approximate surface area is 170 Å². The number of sulfonamides is 1. The van der Waals surface area contributed by atoms with Crippen LogP contribution in [-0.4, -0.2) is 56.1 Å². The van der Waals surface area contributed by atoms with E-state index >= 15 is 0 Å². The fourth-order valence-corrected chi connectivity index (χ4v) is 3.11. The molecule has 0 aliphatic carbocycles. The molecule has 1 amide bonds. The summed E-state index contributed by atoms with van der Waals surface area (Å²) in [6.45, 7) is 0. The van der Waals surface area contributed by atoms with E-state index in [4.69, 9.17) is 18.9 Å². The van der Waals surface area contributed by atoms with Crippen LogP contribution in [0.15, 0.2) is 30.3 Å². The van der Waals surface area contributed by atoms with Gasteiger partial charge >= 0.3 is 0 Å². The van der Waals surface area contributed by atoms with Crippen molar-refractivity contribution >= 4 is 27.3 Å². The molecule has 2 aromatic rings. The van der Waals surface area contributed by atoms with Crippen molar-refractivity contribution in [3.05, 3.63) is 35.9 Å². The molecule has 2 rings (SSSR count). The lowest BCUT2D eigenvalue weighted by molar-refractivity contribution is 0.102. The second-order valence-corrected chi connectivity index (χ2v) is 7.99. The summed E-state index contributed by atoms with van der Waals surface area (Å²) in [5, 5.41) is 2.73. The SMILES string of the molecule is COc1ccc(NC(=O)c2cc(OC)c(OC)cc2N(C)S(C)(=O)=O)cc1OC. The van der Waals surface area contributed by atoms with Crippen molar-refractivity contribution in [3.63, 3.8) is 0 Å². The van der Waals surface area contributed by atoms with Crippen LogP contribution >= 0.6 is 0 Å². The summed E-state index contributed by atoms with van der Waals surface area (Å²) in [5.41, 5.74) is 0.670. The third kappa shape index (κ3) is 4.83. The van der Waals surface area contributed by atoms with E-state index in [0.29, 0.717) is 22.9 Å². The number of rotatable bonds is 8. The van der Waals surface area contributed by atoms with Gasteiger partial charge in [0, 0.05) is 24.9 Å². The van der Waals surface area contributed by atoms with Crippen LogP contribution in [0.1, 0.15) is 10.4 Å². The average Bonchev–Trinajstić information content (AvgIpc) is 2.71. The molecule has 0 aliphatic heterocycles. The van der Waals surface area contributed by atoms with Gasteiger partial charge in [-0.25, -0.2) is 8.42 Å². The Bertz CT molecular complexity index is 1010. The number of ether oxygens (including phenoxy) is 4. The minimum atomic E-state index is -3.63. The molecule has 1 N–H and O–H groups in total. The van der Waals surface area contributed by atoms with Gasteiger partial charge in [-0.3, -0.25) is 9.10 Å². The summed E-state index contributed by atoms with van der Waals surface area (Å²) >= 11 is 0. The van der Waals surface area contributed by atoms with Crippen molar-refractivity contribution in [1.82, 2.24) is 0 Å². The van der Waals surface area contributed by atoms with Crippen LogP contribution in [0.5, 0.6) is 23.0 Å². The summed E-state index contributed by atoms with van der Waals surface area (Å²) in [4.78, 5) is 13.0. The highest BCUT2D eigenvalue weighted by Gasteiger charge is 2.24. The first-order chi connectivity index (χ1) is 13.7. The van der Waals surface area contributed by atoms with Crippen LogP contribution in [-0.2, 0) is 10.0 Å². The Morgan fingerprint density at radius 3 is 1.90 bits per heavy atom. The molecule has 0 saturated heterocycles. The maximum Gasteiger partial charge on any atom is 0.257 e. The van der Waals surface area contributed by atoms with Crippen molar-refractivity contribution in [3.8, 4) is 23.0 Å². The van der Waals surface area contributed by atoms with E-state index in [2.05, 4.69) is 5.32 Å². The Morgan fingerprint density at radius 2 is 1.38 bits per heavy atom. The normalized spacial score (nSPS) is 10.8. The highest BCUT2D eigenvalue weighted by atomic mass is 32.2. The number of hydrogen-bond acceptors (Lipinski definition) is 7. The molecule has 158 valence electrons. The second kappa shape index (κ2) is 8.91. The van der Waals surface area contributed by atoms with E-state index in [9.17, 15) is 13.2 Å². The quantitative estimate of drug-likeness (QED) is 0.694. The first-order valence-electron chi connectivity index (χ1n) is 8.39. The van der Waals surface area contributed by atoms with Gasteiger partial charge in [0.25, 0.3) is 5.91 Å². The van der Waals surface area contributed by atoms with E-state index < -0.39 is 15.9 Å². The van der Waals surface area contributed by atoms with Gasteiger partial charge in [-0.15, -0.1) is 0 Å². The fraction of sp³-hybridized carbons (Fsp3) is 0.316. The van der Waals surface area contributed by atoms with E-state index in [-0.39, 0.29) is 17.0 Å². The van der Waals surface area contributed by atoms with E-state index in [1.54, 1.807) is 18.2 Å². The zero-order chi connectivity index (χ0) is 21.8. The molecule has 0 saturated carbocycles. The standard InChI is InChI=1S/C19H24N2O7S/c1-21(29(6,23)24)14-11-18(28-5)17(27-4)10-13(14)19(22)20-12-7-8-15(25-2)16(9-12)26-3/h7-11H,1-6H3,(H,20,22). The Kier molecular flexibility index (Phi) is 6.80. The smallest absolute Gasteiger partial charge is 0.257 e. The zero-order valence-corrected chi connectivity index (χ0v) is 17.9. The number of benzene rings is 2. The summed E-state index contributed by atoms with van der Waals surface area (Å²) in [5.74, 6) is 0.986. The van der Waals surface area contributed by atoms with Crippen molar-refractivity contribution in [2.75, 3.05) is 51.4 Å². The van der Waals surface area contributed by atoms with Crippen molar-refractivity contribution in [2.45, 2.75) is 0 Å². The number of hydrogen-bond donors (Lipinski definition) is 1. The van der Waals surface area contributed by atoms with Gasteiger partial charge < -0.3 is 24.3 Å². The number of nitrogens with one attached hydrogen (secondary N) is 1. The fourth-order valence-electron chi connectivity index (χ4n) is 2.60. The number of methoxy groups -OCH3 is 4. The molecule has 0 radical (unpaired) electrons. The lowest BCUT2D eigenvalue weighted by atomic mass is 10.1. The predicted molar refractivity (Wildman–Crippen MR) is 110 cm³/mol. The molecule has 0 bridgehead atoms. The summed E-state index contributed by atoms with van der Waals surface area (Å²) in [7, 11) is 3.56. The molecule has 0 fully saturated rings. The lowest BCUT2D eigenvalue weighted by Crippen LogP contribution is -2.28. The first-order valence-corrected chi connectivity index (χ1v) is 10.2. The molecule has 0 heterocycles. The molecule has 0 atom stereocenters. The third-order valence-corrected chi connectivity index (χ3v) is 5.42. The molecule has 29 heavy (non-hydrogen) atoms. The van der Waals surface area contributed by atoms with Gasteiger partial charge in [-0.1, -0.05) is 0 Å². The van der Waals surface area contributed by atoms with Crippen molar-refractivity contribution in [1.29, 1.82) is 0 Å². The van der Waals surface area contributed by atoms with Crippen LogP contribution in [0.3, 0.4) is 0 Å². The third-order valence-electron chi connectivity index (χ3n) is 4.22. The van der Waals surface area contributed by atoms with Crippen molar-refractivity contribution < 1.29 is 32.2 Å². The highest BCUT2D eigenvalue weighted by Crippen LogP contribution is 2.36.